The SMILES string of the molecule is CC(N)Cc1ccc(N(C)Cc2ccncc2)cc1Br. The average molecular weight is 334 g/mol. The lowest BCUT2D eigenvalue weighted by molar-refractivity contribution is 0.736. The van der Waals surface area contributed by atoms with E-state index in [0.717, 1.165) is 17.4 Å². The summed E-state index contributed by atoms with van der Waals surface area (Å²) in [5.74, 6) is 0. The number of nitrogens with zero attached hydrogens (tertiary/aromatic N) is 2. The molecule has 0 fully saturated rings. The van der Waals surface area contributed by atoms with Gasteiger partial charge in [0.15, 0.2) is 0 Å². The number of halogens is 1. The van der Waals surface area contributed by atoms with E-state index in [2.05, 4.69) is 51.1 Å². The second-order valence-corrected chi connectivity index (χ2v) is 6.02. The normalized spacial score (nSPS) is 12.2. The van der Waals surface area contributed by atoms with Gasteiger partial charge in [-0.3, -0.25) is 4.98 Å². The van der Waals surface area contributed by atoms with Gasteiger partial charge in [-0.15, -0.1) is 0 Å². The predicted octanol–water partition coefficient (Wildman–Crippen LogP) is 3.37. The number of benzene rings is 1. The lowest BCUT2D eigenvalue weighted by Crippen LogP contribution is -2.19. The van der Waals surface area contributed by atoms with Gasteiger partial charge in [0.1, 0.15) is 0 Å². The molecule has 0 spiro atoms. The van der Waals surface area contributed by atoms with Gasteiger partial charge in [0.25, 0.3) is 0 Å². The Bertz CT molecular complexity index is 555. The maximum atomic E-state index is 5.86. The molecule has 2 N–H and O–H groups in total. The van der Waals surface area contributed by atoms with Crippen LogP contribution in [0.15, 0.2) is 47.2 Å². The fourth-order valence-corrected chi connectivity index (χ4v) is 2.67. The molecule has 106 valence electrons. The highest BCUT2D eigenvalue weighted by Gasteiger charge is 2.07. The van der Waals surface area contributed by atoms with Crippen molar-refractivity contribution in [2.24, 2.45) is 5.73 Å². The standard InChI is InChI=1S/C16H20BrN3/c1-12(18)9-14-3-4-15(10-16(14)17)20(2)11-13-5-7-19-8-6-13/h3-8,10,12H,9,11,18H2,1-2H3. The van der Waals surface area contributed by atoms with Crippen LogP contribution in [0.5, 0.6) is 0 Å². The molecule has 1 unspecified atom stereocenters. The molecular formula is C16H20BrN3. The maximum Gasteiger partial charge on any atom is 0.0427 e. The zero-order valence-electron chi connectivity index (χ0n) is 11.9. The van der Waals surface area contributed by atoms with Crippen LogP contribution in [0.3, 0.4) is 0 Å². The van der Waals surface area contributed by atoms with Crippen LogP contribution in [0.4, 0.5) is 5.69 Å². The summed E-state index contributed by atoms with van der Waals surface area (Å²) in [5.41, 5.74) is 9.54. The molecule has 2 rings (SSSR count). The van der Waals surface area contributed by atoms with Crippen molar-refractivity contribution in [3.05, 3.63) is 58.3 Å². The summed E-state index contributed by atoms with van der Waals surface area (Å²) in [5, 5.41) is 0. The minimum atomic E-state index is 0.173. The van der Waals surface area contributed by atoms with Crippen molar-refractivity contribution < 1.29 is 0 Å². The van der Waals surface area contributed by atoms with Crippen LogP contribution < -0.4 is 10.6 Å². The maximum absolute atomic E-state index is 5.86. The van der Waals surface area contributed by atoms with E-state index in [9.17, 15) is 0 Å². The molecule has 1 atom stereocenters. The highest BCUT2D eigenvalue weighted by atomic mass is 79.9. The Kier molecular flexibility index (Phi) is 5.15. The number of pyridine rings is 1. The smallest absolute Gasteiger partial charge is 0.0427 e. The molecule has 0 aliphatic rings. The molecule has 2 aromatic rings. The number of hydrogen-bond donors (Lipinski definition) is 1. The summed E-state index contributed by atoms with van der Waals surface area (Å²) in [4.78, 5) is 6.26. The molecule has 3 nitrogen and oxygen atoms in total. The summed E-state index contributed by atoms with van der Waals surface area (Å²) in [6.45, 7) is 2.89. The van der Waals surface area contributed by atoms with Gasteiger partial charge in [0, 0.05) is 42.2 Å². The quantitative estimate of drug-likeness (QED) is 0.912. The highest BCUT2D eigenvalue weighted by molar-refractivity contribution is 9.10. The molecule has 20 heavy (non-hydrogen) atoms. The topological polar surface area (TPSA) is 42.1 Å². The van der Waals surface area contributed by atoms with E-state index in [0.29, 0.717) is 0 Å². The lowest BCUT2D eigenvalue weighted by atomic mass is 10.1. The molecule has 0 saturated carbocycles. The molecule has 1 heterocycles. The van der Waals surface area contributed by atoms with Crippen LogP contribution in [-0.4, -0.2) is 18.1 Å². The van der Waals surface area contributed by atoms with Crippen LogP contribution in [0.1, 0.15) is 18.1 Å². The summed E-state index contributed by atoms with van der Waals surface area (Å²) in [6.07, 6.45) is 4.53. The molecule has 4 heteroatoms. The number of anilines is 1. The third-order valence-corrected chi connectivity index (χ3v) is 3.93. The van der Waals surface area contributed by atoms with E-state index in [4.69, 9.17) is 5.73 Å². The Morgan fingerprint density at radius 2 is 1.95 bits per heavy atom. The van der Waals surface area contributed by atoms with Crippen molar-refractivity contribution >= 4 is 21.6 Å². The first-order chi connectivity index (χ1) is 9.56. The summed E-state index contributed by atoms with van der Waals surface area (Å²) < 4.78 is 1.12. The number of rotatable bonds is 5. The average Bonchev–Trinajstić information content (AvgIpc) is 2.41. The van der Waals surface area contributed by atoms with E-state index in [1.165, 1.54) is 16.8 Å². The zero-order chi connectivity index (χ0) is 14.5. The van der Waals surface area contributed by atoms with E-state index in [-0.39, 0.29) is 6.04 Å². The van der Waals surface area contributed by atoms with Crippen LogP contribution in [0, 0.1) is 0 Å². The van der Waals surface area contributed by atoms with Crippen molar-refractivity contribution in [3.63, 3.8) is 0 Å². The van der Waals surface area contributed by atoms with Gasteiger partial charge in [-0.05, 0) is 48.7 Å². The van der Waals surface area contributed by atoms with Gasteiger partial charge < -0.3 is 10.6 Å². The molecule has 0 amide bonds. The van der Waals surface area contributed by atoms with E-state index < -0.39 is 0 Å². The number of nitrogens with two attached hydrogens (primary N) is 1. The Morgan fingerprint density at radius 1 is 1.25 bits per heavy atom. The van der Waals surface area contributed by atoms with E-state index in [1.54, 1.807) is 0 Å². The predicted molar refractivity (Wildman–Crippen MR) is 87.8 cm³/mol. The largest absolute Gasteiger partial charge is 0.370 e. The van der Waals surface area contributed by atoms with Crippen LogP contribution in [0.25, 0.3) is 0 Å². The van der Waals surface area contributed by atoms with Gasteiger partial charge in [-0.1, -0.05) is 22.0 Å². The van der Waals surface area contributed by atoms with Gasteiger partial charge in [-0.2, -0.15) is 0 Å². The zero-order valence-corrected chi connectivity index (χ0v) is 13.5. The Balaban J connectivity index is 2.11. The minimum absolute atomic E-state index is 0.173. The Morgan fingerprint density at radius 3 is 2.55 bits per heavy atom. The first-order valence-corrected chi connectivity index (χ1v) is 7.49. The van der Waals surface area contributed by atoms with Crippen molar-refractivity contribution in [2.75, 3.05) is 11.9 Å². The van der Waals surface area contributed by atoms with Crippen molar-refractivity contribution in [1.29, 1.82) is 0 Å². The fraction of sp³-hybridized carbons (Fsp3) is 0.312. The third kappa shape index (κ3) is 4.05. The van der Waals surface area contributed by atoms with Gasteiger partial charge in [0.2, 0.25) is 0 Å². The highest BCUT2D eigenvalue weighted by Crippen LogP contribution is 2.25. The monoisotopic (exact) mass is 333 g/mol. The van der Waals surface area contributed by atoms with Crippen molar-refractivity contribution in [2.45, 2.75) is 25.9 Å². The molecule has 0 aliphatic carbocycles. The van der Waals surface area contributed by atoms with Gasteiger partial charge in [0.05, 0.1) is 0 Å². The van der Waals surface area contributed by atoms with E-state index in [1.807, 2.05) is 31.5 Å². The lowest BCUT2D eigenvalue weighted by Gasteiger charge is -2.20. The van der Waals surface area contributed by atoms with E-state index >= 15 is 0 Å². The molecule has 1 aromatic carbocycles. The van der Waals surface area contributed by atoms with Gasteiger partial charge >= 0.3 is 0 Å². The third-order valence-electron chi connectivity index (χ3n) is 3.19. The van der Waals surface area contributed by atoms with Crippen molar-refractivity contribution in [1.82, 2.24) is 4.98 Å². The first kappa shape index (κ1) is 15.0. The molecule has 0 saturated heterocycles. The summed E-state index contributed by atoms with van der Waals surface area (Å²) in [7, 11) is 2.09. The first-order valence-electron chi connectivity index (χ1n) is 6.70. The Hall–Kier alpha value is -1.39. The molecule has 0 radical (unpaired) electrons. The molecule has 0 bridgehead atoms. The second kappa shape index (κ2) is 6.86. The molecule has 0 aliphatic heterocycles. The van der Waals surface area contributed by atoms with Gasteiger partial charge in [-0.25, -0.2) is 0 Å². The Labute approximate surface area is 129 Å². The van der Waals surface area contributed by atoms with Crippen LogP contribution in [-0.2, 0) is 13.0 Å². The fourth-order valence-electron chi connectivity index (χ4n) is 2.14. The summed E-state index contributed by atoms with van der Waals surface area (Å²) in [6, 6.07) is 10.7. The van der Waals surface area contributed by atoms with Crippen molar-refractivity contribution in [3.8, 4) is 0 Å². The molecular weight excluding hydrogens is 314 g/mol. The minimum Gasteiger partial charge on any atom is -0.370 e. The van der Waals surface area contributed by atoms with Crippen LogP contribution >= 0.6 is 15.9 Å². The number of aromatic nitrogens is 1. The second-order valence-electron chi connectivity index (χ2n) is 5.17. The number of hydrogen-bond acceptors (Lipinski definition) is 3. The molecule has 1 aromatic heterocycles. The van der Waals surface area contributed by atoms with Crippen LogP contribution in [0.2, 0.25) is 0 Å². The summed E-state index contributed by atoms with van der Waals surface area (Å²) >= 11 is 3.64.